The smallest absolute Gasteiger partial charge is 0.244 e. The largest absolute Gasteiger partial charge is 0.345 e. The van der Waals surface area contributed by atoms with E-state index in [1.165, 1.54) is 12.8 Å². The summed E-state index contributed by atoms with van der Waals surface area (Å²) in [7, 11) is 0. The van der Waals surface area contributed by atoms with Crippen LogP contribution < -0.4 is 10.6 Å². The van der Waals surface area contributed by atoms with Gasteiger partial charge >= 0.3 is 0 Å². The van der Waals surface area contributed by atoms with Gasteiger partial charge in [0, 0.05) is 19.5 Å². The Morgan fingerprint density at radius 3 is 2.57 bits per heavy atom. The van der Waals surface area contributed by atoms with Crippen molar-refractivity contribution in [2.24, 2.45) is 11.8 Å². The Bertz CT molecular complexity index is 361. The van der Waals surface area contributed by atoms with Crippen LogP contribution in [0.3, 0.4) is 0 Å². The summed E-state index contributed by atoms with van der Waals surface area (Å²) in [4.78, 5) is 26.2. The highest BCUT2D eigenvalue weighted by Crippen LogP contribution is 2.22. The number of nitrogens with one attached hydrogen (secondary N) is 2. The summed E-state index contributed by atoms with van der Waals surface area (Å²) in [5, 5.41) is 6.27. The van der Waals surface area contributed by atoms with Gasteiger partial charge in [-0.2, -0.15) is 0 Å². The number of nitrogens with zero attached hydrogens (tertiary/aromatic N) is 1. The van der Waals surface area contributed by atoms with Crippen LogP contribution in [-0.2, 0) is 9.59 Å². The average Bonchev–Trinajstić information content (AvgIpc) is 3.01. The van der Waals surface area contributed by atoms with Crippen LogP contribution in [0.2, 0.25) is 0 Å². The van der Waals surface area contributed by atoms with Crippen molar-refractivity contribution in [2.75, 3.05) is 26.2 Å². The lowest BCUT2D eigenvalue weighted by molar-refractivity contribution is -0.135. The van der Waals surface area contributed by atoms with Gasteiger partial charge in [-0.3, -0.25) is 9.59 Å². The van der Waals surface area contributed by atoms with Gasteiger partial charge in [0.2, 0.25) is 11.8 Å². The van der Waals surface area contributed by atoms with Crippen LogP contribution in [0.5, 0.6) is 0 Å². The number of hydrogen-bond donors (Lipinski definition) is 2. The molecule has 2 aliphatic rings. The molecule has 0 saturated carbocycles. The molecule has 0 aromatic rings. The molecule has 120 valence electrons. The molecule has 2 saturated heterocycles. The molecule has 0 aromatic carbocycles. The SMILES string of the molecule is CC(NC(=O)CC(C)C1CCCNC1)C(=O)N1CCCC1. The van der Waals surface area contributed by atoms with Crippen LogP contribution in [0.15, 0.2) is 0 Å². The molecule has 0 bridgehead atoms. The highest BCUT2D eigenvalue weighted by Gasteiger charge is 2.26. The summed E-state index contributed by atoms with van der Waals surface area (Å²) < 4.78 is 0. The van der Waals surface area contributed by atoms with E-state index in [2.05, 4.69) is 17.6 Å². The average molecular weight is 295 g/mol. The van der Waals surface area contributed by atoms with E-state index in [-0.39, 0.29) is 11.8 Å². The molecule has 3 unspecified atom stereocenters. The maximum atomic E-state index is 12.2. The zero-order valence-electron chi connectivity index (χ0n) is 13.4. The Balaban J connectivity index is 1.73. The first-order valence-corrected chi connectivity index (χ1v) is 8.37. The molecule has 5 heteroatoms. The second-order valence-electron chi connectivity index (χ2n) is 6.61. The van der Waals surface area contributed by atoms with E-state index in [1.807, 2.05) is 4.90 Å². The normalized spacial score (nSPS) is 25.4. The molecular formula is C16H29N3O2. The molecule has 2 rings (SSSR count). The number of hydrogen-bond acceptors (Lipinski definition) is 3. The fourth-order valence-electron chi connectivity index (χ4n) is 3.40. The molecule has 2 aliphatic heterocycles. The lowest BCUT2D eigenvalue weighted by Gasteiger charge is -2.28. The topological polar surface area (TPSA) is 61.4 Å². The lowest BCUT2D eigenvalue weighted by atomic mass is 9.85. The number of piperidine rings is 1. The van der Waals surface area contributed by atoms with Gasteiger partial charge in [0.05, 0.1) is 0 Å². The second kappa shape index (κ2) is 7.78. The first-order valence-electron chi connectivity index (χ1n) is 8.37. The molecule has 21 heavy (non-hydrogen) atoms. The Hall–Kier alpha value is -1.10. The van der Waals surface area contributed by atoms with Crippen LogP contribution in [0.25, 0.3) is 0 Å². The Labute approximate surface area is 127 Å². The first kappa shape index (κ1) is 16.3. The molecule has 5 nitrogen and oxygen atoms in total. The number of rotatable bonds is 5. The molecule has 0 aromatic heterocycles. The minimum Gasteiger partial charge on any atom is -0.345 e. The second-order valence-corrected chi connectivity index (χ2v) is 6.61. The summed E-state index contributed by atoms with van der Waals surface area (Å²) >= 11 is 0. The molecule has 2 fully saturated rings. The predicted octanol–water partition coefficient (Wildman–Crippen LogP) is 1.14. The van der Waals surface area contributed by atoms with Crippen molar-refractivity contribution in [2.45, 2.75) is 52.0 Å². The zero-order valence-corrected chi connectivity index (χ0v) is 13.4. The standard InChI is InChI=1S/C16H29N3O2/c1-12(14-6-5-7-17-11-14)10-15(20)18-13(2)16(21)19-8-3-4-9-19/h12-14,17H,3-11H2,1-2H3,(H,18,20). The lowest BCUT2D eigenvalue weighted by Crippen LogP contribution is -2.46. The van der Waals surface area contributed by atoms with E-state index >= 15 is 0 Å². The van der Waals surface area contributed by atoms with Crippen LogP contribution in [0.4, 0.5) is 0 Å². The minimum atomic E-state index is -0.396. The summed E-state index contributed by atoms with van der Waals surface area (Å²) in [5.74, 6) is 1.02. The number of carbonyl (C=O) groups excluding carboxylic acids is 2. The van der Waals surface area contributed by atoms with Crippen molar-refractivity contribution >= 4 is 11.8 Å². The van der Waals surface area contributed by atoms with Gasteiger partial charge in [-0.25, -0.2) is 0 Å². The van der Waals surface area contributed by atoms with Crippen molar-refractivity contribution < 1.29 is 9.59 Å². The quantitative estimate of drug-likeness (QED) is 0.799. The minimum absolute atomic E-state index is 0.00752. The van der Waals surface area contributed by atoms with Gasteiger partial charge in [-0.15, -0.1) is 0 Å². The fraction of sp³-hybridized carbons (Fsp3) is 0.875. The van der Waals surface area contributed by atoms with Crippen molar-refractivity contribution in [3.05, 3.63) is 0 Å². The summed E-state index contributed by atoms with van der Waals surface area (Å²) in [5.41, 5.74) is 0. The van der Waals surface area contributed by atoms with Crippen molar-refractivity contribution in [3.8, 4) is 0 Å². The molecule has 0 aliphatic carbocycles. The highest BCUT2D eigenvalue weighted by atomic mass is 16.2. The summed E-state index contributed by atoms with van der Waals surface area (Å²) in [6, 6.07) is -0.396. The maximum Gasteiger partial charge on any atom is 0.244 e. The van der Waals surface area contributed by atoms with E-state index in [9.17, 15) is 9.59 Å². The Morgan fingerprint density at radius 2 is 1.95 bits per heavy atom. The number of carbonyl (C=O) groups is 2. The molecule has 3 atom stereocenters. The van der Waals surface area contributed by atoms with Crippen molar-refractivity contribution in [3.63, 3.8) is 0 Å². The third-order valence-electron chi connectivity index (χ3n) is 4.81. The molecule has 2 N–H and O–H groups in total. The van der Waals surface area contributed by atoms with Crippen LogP contribution in [0, 0.1) is 11.8 Å². The molecule has 0 spiro atoms. The highest BCUT2D eigenvalue weighted by molar-refractivity contribution is 5.87. The van der Waals surface area contributed by atoms with Crippen molar-refractivity contribution in [1.29, 1.82) is 0 Å². The molecular weight excluding hydrogens is 266 g/mol. The van der Waals surface area contributed by atoms with E-state index in [0.717, 1.165) is 39.0 Å². The molecule has 2 amide bonds. The van der Waals surface area contributed by atoms with Crippen molar-refractivity contribution in [1.82, 2.24) is 15.5 Å². The molecule has 0 radical (unpaired) electrons. The third kappa shape index (κ3) is 4.70. The van der Waals surface area contributed by atoms with E-state index in [1.54, 1.807) is 6.92 Å². The fourth-order valence-corrected chi connectivity index (χ4v) is 3.40. The van der Waals surface area contributed by atoms with Crippen LogP contribution in [-0.4, -0.2) is 48.9 Å². The summed E-state index contributed by atoms with van der Waals surface area (Å²) in [6.45, 7) is 7.72. The zero-order chi connectivity index (χ0) is 15.2. The number of likely N-dealkylation sites (tertiary alicyclic amines) is 1. The summed E-state index contributed by atoms with van der Waals surface area (Å²) in [6.07, 6.45) is 5.07. The van der Waals surface area contributed by atoms with Gasteiger partial charge in [-0.05, 0) is 57.5 Å². The van der Waals surface area contributed by atoms with Gasteiger partial charge < -0.3 is 15.5 Å². The maximum absolute atomic E-state index is 12.2. The van der Waals surface area contributed by atoms with Crippen LogP contribution >= 0.6 is 0 Å². The first-order chi connectivity index (χ1) is 10.1. The predicted molar refractivity (Wildman–Crippen MR) is 82.8 cm³/mol. The van der Waals surface area contributed by atoms with E-state index in [0.29, 0.717) is 18.3 Å². The third-order valence-corrected chi connectivity index (χ3v) is 4.81. The molecule has 2 heterocycles. The Kier molecular flexibility index (Phi) is 6.03. The van der Waals surface area contributed by atoms with Gasteiger partial charge in [0.1, 0.15) is 6.04 Å². The van der Waals surface area contributed by atoms with Crippen LogP contribution in [0.1, 0.15) is 46.0 Å². The Morgan fingerprint density at radius 1 is 1.24 bits per heavy atom. The van der Waals surface area contributed by atoms with Gasteiger partial charge in [0.15, 0.2) is 0 Å². The monoisotopic (exact) mass is 295 g/mol. The van der Waals surface area contributed by atoms with E-state index in [4.69, 9.17) is 0 Å². The van der Waals surface area contributed by atoms with Gasteiger partial charge in [-0.1, -0.05) is 6.92 Å². The van der Waals surface area contributed by atoms with Gasteiger partial charge in [0.25, 0.3) is 0 Å². The number of amides is 2. The van der Waals surface area contributed by atoms with E-state index < -0.39 is 6.04 Å².